The van der Waals surface area contributed by atoms with Crippen LogP contribution in [0.3, 0.4) is 0 Å². The van der Waals surface area contributed by atoms with Gasteiger partial charge in [-0.15, -0.1) is 24.0 Å². The molecule has 2 N–H and O–H groups in total. The minimum Gasteiger partial charge on any atom is -0.396 e. The summed E-state index contributed by atoms with van der Waals surface area (Å²) in [6, 6.07) is 6.55. The third kappa shape index (κ3) is 7.90. The largest absolute Gasteiger partial charge is 0.396 e. The Hall–Kier alpha value is -0.890. The normalized spacial score (nSPS) is 11.8. The number of benzene rings is 1. The third-order valence-corrected chi connectivity index (χ3v) is 4.74. The lowest BCUT2D eigenvalue weighted by atomic mass is 9.79. The molecule has 0 atom stereocenters. The van der Waals surface area contributed by atoms with Gasteiger partial charge in [0.25, 0.3) is 0 Å². The van der Waals surface area contributed by atoms with Crippen LogP contribution in [0.4, 0.5) is 4.39 Å². The van der Waals surface area contributed by atoms with Gasteiger partial charge >= 0.3 is 0 Å². The number of aliphatic imine (C=N–C) groups is 1. The Morgan fingerprint density at radius 2 is 1.80 bits per heavy atom. The predicted molar refractivity (Wildman–Crippen MR) is 114 cm³/mol. The van der Waals surface area contributed by atoms with Crippen molar-refractivity contribution in [2.24, 2.45) is 10.4 Å². The molecule has 0 saturated carbocycles. The van der Waals surface area contributed by atoms with Crippen molar-refractivity contribution in [1.29, 1.82) is 0 Å². The molecule has 0 bridgehead atoms. The molecule has 0 aliphatic heterocycles. The summed E-state index contributed by atoms with van der Waals surface area (Å²) in [5, 5.41) is 12.7. The standard InChI is InChI=1S/C19H32FN3O.HI/c1-5-19(6-2,12-13-24)15-22-18(21-7-3)23(4)14-16-8-10-17(20)11-9-16;/h8-11,24H,5-7,12-15H2,1-4H3,(H,21,22);1H. The van der Waals surface area contributed by atoms with Gasteiger partial charge in [-0.1, -0.05) is 26.0 Å². The van der Waals surface area contributed by atoms with E-state index in [0.717, 1.165) is 37.3 Å². The second-order valence-corrected chi connectivity index (χ2v) is 6.33. The number of hydrogen-bond acceptors (Lipinski definition) is 2. The molecule has 0 fully saturated rings. The van der Waals surface area contributed by atoms with E-state index in [0.29, 0.717) is 13.1 Å². The molecule has 1 aromatic rings. The van der Waals surface area contributed by atoms with Gasteiger partial charge in [-0.25, -0.2) is 4.39 Å². The van der Waals surface area contributed by atoms with Gasteiger partial charge in [-0.2, -0.15) is 0 Å². The molecule has 4 nitrogen and oxygen atoms in total. The Morgan fingerprint density at radius 1 is 1.20 bits per heavy atom. The van der Waals surface area contributed by atoms with Gasteiger partial charge < -0.3 is 15.3 Å². The smallest absolute Gasteiger partial charge is 0.193 e. The van der Waals surface area contributed by atoms with Gasteiger partial charge in [0.15, 0.2) is 5.96 Å². The zero-order chi connectivity index (χ0) is 18.0. The van der Waals surface area contributed by atoms with Crippen LogP contribution in [0.25, 0.3) is 0 Å². The molecule has 144 valence electrons. The summed E-state index contributed by atoms with van der Waals surface area (Å²) in [6.45, 7) is 8.69. The molecule has 0 heterocycles. The molecule has 1 aromatic carbocycles. The minimum atomic E-state index is -0.221. The van der Waals surface area contributed by atoms with Crippen molar-refractivity contribution in [3.8, 4) is 0 Å². The first-order valence-corrected chi connectivity index (χ1v) is 8.85. The molecular weight excluding hydrogens is 432 g/mol. The van der Waals surface area contributed by atoms with E-state index < -0.39 is 0 Å². The van der Waals surface area contributed by atoms with Crippen LogP contribution in [-0.2, 0) is 6.54 Å². The maximum atomic E-state index is 13.0. The average Bonchev–Trinajstić information content (AvgIpc) is 2.59. The van der Waals surface area contributed by atoms with Crippen molar-refractivity contribution in [3.05, 3.63) is 35.6 Å². The Kier molecular flexibility index (Phi) is 12.0. The molecule has 6 heteroatoms. The number of aliphatic hydroxyl groups excluding tert-OH is 1. The fourth-order valence-electron chi connectivity index (χ4n) is 2.79. The average molecular weight is 465 g/mol. The van der Waals surface area contributed by atoms with Crippen LogP contribution in [0.5, 0.6) is 0 Å². The van der Waals surface area contributed by atoms with Gasteiger partial charge in [0, 0.05) is 33.3 Å². The predicted octanol–water partition coefficient (Wildman–Crippen LogP) is 4.03. The fraction of sp³-hybridized carbons (Fsp3) is 0.632. The first kappa shape index (κ1) is 24.1. The van der Waals surface area contributed by atoms with E-state index in [1.165, 1.54) is 12.1 Å². The summed E-state index contributed by atoms with van der Waals surface area (Å²) >= 11 is 0. The van der Waals surface area contributed by atoms with Crippen molar-refractivity contribution in [3.63, 3.8) is 0 Å². The number of aliphatic hydroxyl groups is 1. The number of nitrogens with zero attached hydrogens (tertiary/aromatic N) is 2. The van der Waals surface area contributed by atoms with Crippen LogP contribution in [-0.4, -0.2) is 42.7 Å². The zero-order valence-electron chi connectivity index (χ0n) is 15.9. The van der Waals surface area contributed by atoms with Crippen molar-refractivity contribution < 1.29 is 9.50 Å². The summed E-state index contributed by atoms with van der Waals surface area (Å²) < 4.78 is 13.0. The number of hydrogen-bond donors (Lipinski definition) is 2. The van der Waals surface area contributed by atoms with Crippen LogP contribution >= 0.6 is 24.0 Å². The van der Waals surface area contributed by atoms with Gasteiger partial charge in [0.2, 0.25) is 0 Å². The monoisotopic (exact) mass is 465 g/mol. The number of guanidine groups is 1. The number of halogens is 2. The highest BCUT2D eigenvalue weighted by Crippen LogP contribution is 2.30. The molecule has 0 aliphatic rings. The fourth-order valence-corrected chi connectivity index (χ4v) is 2.79. The second kappa shape index (κ2) is 12.5. The van der Waals surface area contributed by atoms with Gasteiger partial charge in [0.1, 0.15) is 5.82 Å². The van der Waals surface area contributed by atoms with Gasteiger partial charge in [0.05, 0.1) is 0 Å². The van der Waals surface area contributed by atoms with Gasteiger partial charge in [-0.05, 0) is 49.3 Å². The minimum absolute atomic E-state index is 0. The van der Waals surface area contributed by atoms with Crippen molar-refractivity contribution in [2.75, 3.05) is 26.7 Å². The molecule has 0 radical (unpaired) electrons. The van der Waals surface area contributed by atoms with E-state index in [-0.39, 0.29) is 41.8 Å². The summed E-state index contributed by atoms with van der Waals surface area (Å²) in [6.07, 6.45) is 2.76. The summed E-state index contributed by atoms with van der Waals surface area (Å²) in [5.41, 5.74) is 1.09. The maximum Gasteiger partial charge on any atom is 0.193 e. The maximum absolute atomic E-state index is 13.0. The van der Waals surface area contributed by atoms with Gasteiger partial charge in [-0.3, -0.25) is 4.99 Å². The summed E-state index contributed by atoms with van der Waals surface area (Å²) in [4.78, 5) is 6.85. The Balaban J connectivity index is 0.00000576. The quantitative estimate of drug-likeness (QED) is 0.329. The lowest BCUT2D eigenvalue weighted by molar-refractivity contribution is 0.175. The number of rotatable bonds is 9. The Morgan fingerprint density at radius 3 is 2.28 bits per heavy atom. The highest BCUT2D eigenvalue weighted by molar-refractivity contribution is 14.0. The Labute approximate surface area is 168 Å². The lowest BCUT2D eigenvalue weighted by Gasteiger charge is -2.30. The topological polar surface area (TPSA) is 47.9 Å². The van der Waals surface area contributed by atoms with Crippen LogP contribution in [0, 0.1) is 11.2 Å². The van der Waals surface area contributed by atoms with E-state index in [9.17, 15) is 9.50 Å². The molecular formula is C19H33FIN3O. The zero-order valence-corrected chi connectivity index (χ0v) is 18.2. The van der Waals surface area contributed by atoms with Crippen molar-refractivity contribution in [1.82, 2.24) is 10.2 Å². The van der Waals surface area contributed by atoms with Crippen LogP contribution in [0.1, 0.15) is 45.6 Å². The number of nitrogens with one attached hydrogen (secondary N) is 1. The molecule has 0 saturated heterocycles. The SMILES string of the molecule is CCNC(=NCC(CC)(CC)CCO)N(C)Cc1ccc(F)cc1.I. The van der Waals surface area contributed by atoms with Crippen molar-refractivity contribution in [2.45, 2.75) is 46.6 Å². The van der Waals surface area contributed by atoms with E-state index in [1.807, 2.05) is 18.9 Å². The first-order valence-electron chi connectivity index (χ1n) is 8.85. The Bertz CT molecular complexity index is 504. The van der Waals surface area contributed by atoms with E-state index >= 15 is 0 Å². The summed E-state index contributed by atoms with van der Waals surface area (Å²) in [5.74, 6) is 0.618. The third-order valence-electron chi connectivity index (χ3n) is 4.74. The molecule has 0 aromatic heterocycles. The van der Waals surface area contributed by atoms with Crippen LogP contribution < -0.4 is 5.32 Å². The van der Waals surface area contributed by atoms with E-state index in [4.69, 9.17) is 4.99 Å². The highest BCUT2D eigenvalue weighted by atomic mass is 127. The molecule has 0 unspecified atom stereocenters. The lowest BCUT2D eigenvalue weighted by Crippen LogP contribution is -2.39. The second-order valence-electron chi connectivity index (χ2n) is 6.33. The van der Waals surface area contributed by atoms with Crippen LogP contribution in [0.2, 0.25) is 0 Å². The van der Waals surface area contributed by atoms with E-state index in [1.54, 1.807) is 12.1 Å². The molecule has 1 rings (SSSR count). The summed E-state index contributed by atoms with van der Waals surface area (Å²) in [7, 11) is 1.98. The van der Waals surface area contributed by atoms with Crippen LogP contribution in [0.15, 0.2) is 29.3 Å². The van der Waals surface area contributed by atoms with E-state index in [2.05, 4.69) is 19.2 Å². The van der Waals surface area contributed by atoms with Crippen molar-refractivity contribution >= 4 is 29.9 Å². The first-order chi connectivity index (χ1) is 11.5. The molecule has 25 heavy (non-hydrogen) atoms. The highest BCUT2D eigenvalue weighted by Gasteiger charge is 2.25. The molecule has 0 amide bonds. The molecule has 0 spiro atoms. The molecule has 0 aliphatic carbocycles.